The molecule has 0 spiro atoms. The fourth-order valence-electron chi connectivity index (χ4n) is 4.61. The highest BCUT2D eigenvalue weighted by Crippen LogP contribution is 2.46. The van der Waals surface area contributed by atoms with Crippen LogP contribution >= 0.6 is 31.9 Å². The summed E-state index contributed by atoms with van der Waals surface area (Å²) in [5.74, 6) is 0.0440. The van der Waals surface area contributed by atoms with Gasteiger partial charge < -0.3 is 14.9 Å². The number of hydrogen-bond acceptors (Lipinski definition) is 3. The highest BCUT2D eigenvalue weighted by molar-refractivity contribution is 9.11. The number of piperidine rings is 2. The molecule has 0 unspecified atom stereocenters. The Bertz CT molecular complexity index is 779. The highest BCUT2D eigenvalue weighted by Gasteiger charge is 2.52. The lowest BCUT2D eigenvalue weighted by atomic mass is 9.79. The fraction of sp³-hybridized carbons (Fsp3) is 0.682. The van der Waals surface area contributed by atoms with E-state index in [2.05, 4.69) is 36.8 Å². The quantitative estimate of drug-likeness (QED) is 0.502. The van der Waals surface area contributed by atoms with Gasteiger partial charge in [-0.1, -0.05) is 13.8 Å². The molecule has 1 atom stereocenters. The van der Waals surface area contributed by atoms with Crippen LogP contribution in [0.5, 0.6) is 5.75 Å². The van der Waals surface area contributed by atoms with E-state index in [-0.39, 0.29) is 36.5 Å². The zero-order chi connectivity index (χ0) is 23.0. The van der Waals surface area contributed by atoms with Crippen molar-refractivity contribution in [2.24, 2.45) is 11.3 Å². The molecule has 2 aliphatic heterocycles. The summed E-state index contributed by atoms with van der Waals surface area (Å²) in [7, 11) is 0. The van der Waals surface area contributed by atoms with Gasteiger partial charge in [0.05, 0.1) is 14.4 Å². The van der Waals surface area contributed by atoms with E-state index < -0.39 is 11.6 Å². The minimum Gasteiger partial charge on any atom is -0.506 e. The molecule has 31 heavy (non-hydrogen) atoms. The molecule has 2 saturated heterocycles. The molecule has 0 aromatic heterocycles. The Morgan fingerprint density at radius 3 is 2.16 bits per heavy atom. The first-order valence-electron chi connectivity index (χ1n) is 10.7. The second-order valence-electron chi connectivity index (χ2n) is 9.16. The van der Waals surface area contributed by atoms with E-state index >= 15 is 0 Å². The van der Waals surface area contributed by atoms with Crippen molar-refractivity contribution in [1.82, 2.24) is 9.80 Å². The van der Waals surface area contributed by atoms with Gasteiger partial charge >= 0.3 is 6.18 Å². The fourth-order valence-corrected chi connectivity index (χ4v) is 5.89. The van der Waals surface area contributed by atoms with Crippen molar-refractivity contribution in [1.29, 1.82) is 0 Å². The first-order chi connectivity index (χ1) is 14.4. The largest absolute Gasteiger partial charge is 0.506 e. The molecule has 4 nitrogen and oxygen atoms in total. The molecule has 0 bridgehead atoms. The van der Waals surface area contributed by atoms with Crippen LogP contribution in [0.15, 0.2) is 21.1 Å². The SMILES string of the molecule is C[C@H](Cc1cc(Br)c(O)c(Br)c1)C(=O)N1CCC(N2CCC(C)(C(F)(F)F)CC2)CC1. The number of likely N-dealkylation sites (tertiary alicyclic amines) is 2. The zero-order valence-corrected chi connectivity index (χ0v) is 21.0. The van der Waals surface area contributed by atoms with Gasteiger partial charge in [-0.3, -0.25) is 4.79 Å². The molecule has 1 amide bonds. The number of carbonyl (C=O) groups is 1. The van der Waals surface area contributed by atoms with E-state index in [0.29, 0.717) is 41.5 Å². The Morgan fingerprint density at radius 1 is 1.16 bits per heavy atom. The molecule has 2 aliphatic rings. The van der Waals surface area contributed by atoms with Gasteiger partial charge in [-0.15, -0.1) is 0 Å². The first kappa shape index (κ1) is 24.8. The van der Waals surface area contributed by atoms with E-state index in [4.69, 9.17) is 0 Å². The lowest BCUT2D eigenvalue weighted by Gasteiger charge is -2.45. The van der Waals surface area contributed by atoms with Crippen molar-refractivity contribution < 1.29 is 23.1 Å². The number of aromatic hydroxyl groups is 1. The van der Waals surface area contributed by atoms with Crippen molar-refractivity contribution in [3.8, 4) is 5.75 Å². The van der Waals surface area contributed by atoms with Gasteiger partial charge in [0.25, 0.3) is 0 Å². The second-order valence-corrected chi connectivity index (χ2v) is 10.9. The summed E-state index contributed by atoms with van der Waals surface area (Å²) in [5, 5.41) is 9.85. The van der Waals surface area contributed by atoms with Crippen LogP contribution in [0.25, 0.3) is 0 Å². The van der Waals surface area contributed by atoms with Gasteiger partial charge in [-0.25, -0.2) is 0 Å². The van der Waals surface area contributed by atoms with Gasteiger partial charge in [0.2, 0.25) is 5.91 Å². The van der Waals surface area contributed by atoms with Gasteiger partial charge in [0, 0.05) is 25.0 Å². The van der Waals surface area contributed by atoms with Crippen LogP contribution in [-0.2, 0) is 11.2 Å². The Hall–Kier alpha value is -0.800. The van der Waals surface area contributed by atoms with Gasteiger partial charge in [0.1, 0.15) is 5.75 Å². The maximum atomic E-state index is 13.3. The predicted molar refractivity (Wildman–Crippen MR) is 121 cm³/mol. The number of phenols is 1. The normalized spacial score (nSPS) is 21.8. The van der Waals surface area contributed by atoms with Crippen LogP contribution in [-0.4, -0.2) is 59.2 Å². The highest BCUT2D eigenvalue weighted by atomic mass is 79.9. The Morgan fingerprint density at radius 2 is 1.68 bits per heavy atom. The van der Waals surface area contributed by atoms with Crippen molar-refractivity contribution >= 4 is 37.8 Å². The third kappa shape index (κ3) is 5.58. The van der Waals surface area contributed by atoms with Crippen LogP contribution in [0.3, 0.4) is 0 Å². The number of nitrogens with zero attached hydrogens (tertiary/aromatic N) is 2. The predicted octanol–water partition coefficient (Wildman–Crippen LogP) is 5.75. The number of amides is 1. The molecular weight excluding hydrogens is 541 g/mol. The van der Waals surface area contributed by atoms with E-state index in [0.717, 1.165) is 18.4 Å². The maximum Gasteiger partial charge on any atom is 0.394 e. The van der Waals surface area contributed by atoms with Crippen molar-refractivity contribution in [3.63, 3.8) is 0 Å². The summed E-state index contributed by atoms with van der Waals surface area (Å²) in [6.45, 7) is 5.46. The lowest BCUT2D eigenvalue weighted by molar-refractivity contribution is -0.232. The monoisotopic (exact) mass is 568 g/mol. The third-order valence-corrected chi connectivity index (χ3v) is 8.13. The van der Waals surface area contributed by atoms with Crippen LogP contribution in [0.4, 0.5) is 13.2 Å². The molecule has 0 aliphatic carbocycles. The molecule has 174 valence electrons. The number of alkyl halides is 3. The summed E-state index contributed by atoms with van der Waals surface area (Å²) >= 11 is 6.64. The van der Waals surface area contributed by atoms with E-state index in [1.807, 2.05) is 24.0 Å². The molecule has 0 saturated carbocycles. The molecule has 2 fully saturated rings. The van der Waals surface area contributed by atoms with Crippen LogP contribution < -0.4 is 0 Å². The third-order valence-electron chi connectivity index (χ3n) is 6.92. The van der Waals surface area contributed by atoms with E-state index in [9.17, 15) is 23.1 Å². The summed E-state index contributed by atoms with van der Waals surface area (Å²) < 4.78 is 40.9. The van der Waals surface area contributed by atoms with Crippen LogP contribution in [0, 0.1) is 11.3 Å². The van der Waals surface area contributed by atoms with Crippen molar-refractivity contribution in [3.05, 3.63) is 26.6 Å². The zero-order valence-electron chi connectivity index (χ0n) is 17.8. The van der Waals surface area contributed by atoms with Gasteiger partial charge in [0.15, 0.2) is 0 Å². The maximum absolute atomic E-state index is 13.3. The van der Waals surface area contributed by atoms with E-state index in [1.54, 1.807) is 0 Å². The smallest absolute Gasteiger partial charge is 0.394 e. The molecule has 0 radical (unpaired) electrons. The summed E-state index contributed by atoms with van der Waals surface area (Å²) in [6.07, 6.45) is -1.68. The van der Waals surface area contributed by atoms with Crippen LogP contribution in [0.1, 0.15) is 45.1 Å². The number of carbonyl (C=O) groups excluding carboxylic acids is 1. The van der Waals surface area contributed by atoms with Crippen molar-refractivity contribution in [2.75, 3.05) is 26.2 Å². The number of benzene rings is 1. The van der Waals surface area contributed by atoms with Crippen LogP contribution in [0.2, 0.25) is 0 Å². The van der Waals surface area contributed by atoms with Crippen molar-refractivity contribution in [2.45, 2.75) is 58.2 Å². The number of rotatable bonds is 4. The first-order valence-corrected chi connectivity index (χ1v) is 12.3. The molecular formula is C22H29Br2F3N2O2. The molecule has 1 aromatic carbocycles. The lowest BCUT2D eigenvalue weighted by Crippen LogP contribution is -2.53. The Labute approximate surface area is 198 Å². The van der Waals surface area contributed by atoms with Gasteiger partial charge in [-0.2, -0.15) is 13.2 Å². The summed E-state index contributed by atoms with van der Waals surface area (Å²) in [5.41, 5.74) is -0.623. The molecule has 3 rings (SSSR count). The number of hydrogen-bond donors (Lipinski definition) is 1. The molecule has 1 N–H and O–H groups in total. The summed E-state index contributed by atoms with van der Waals surface area (Å²) in [6, 6.07) is 3.89. The van der Waals surface area contributed by atoms with E-state index in [1.165, 1.54) is 6.92 Å². The molecule has 9 heteroatoms. The minimum absolute atomic E-state index is 0.0991. The second kappa shape index (κ2) is 9.59. The number of halogens is 5. The Balaban J connectivity index is 1.50. The average Bonchev–Trinajstić information content (AvgIpc) is 2.71. The minimum atomic E-state index is -4.15. The average molecular weight is 570 g/mol. The number of phenolic OH excluding ortho intramolecular Hbond substituents is 1. The van der Waals surface area contributed by atoms with Gasteiger partial charge in [-0.05, 0) is 94.7 Å². The molecule has 2 heterocycles. The summed E-state index contributed by atoms with van der Waals surface area (Å²) in [4.78, 5) is 17.0. The standard InChI is InChI=1S/C22H29Br2F3N2O2/c1-14(11-15-12-17(23)19(30)18(24)13-15)20(31)29-7-3-16(4-8-29)28-9-5-21(2,6-10-28)22(25,26)27/h12-14,16,30H,3-11H2,1-2H3/t14-/m1/s1. The Kier molecular flexibility index (Phi) is 7.69. The topological polar surface area (TPSA) is 43.8 Å². The molecule has 1 aromatic rings.